The third-order valence-corrected chi connectivity index (χ3v) is 1.87. The van der Waals surface area contributed by atoms with Crippen molar-refractivity contribution in [3.05, 3.63) is 6.92 Å². The fourth-order valence-corrected chi connectivity index (χ4v) is 1.15. The van der Waals surface area contributed by atoms with Gasteiger partial charge in [0.15, 0.2) is 0 Å². The molecule has 0 aliphatic rings. The van der Waals surface area contributed by atoms with E-state index >= 15 is 0 Å². The highest BCUT2D eigenvalue weighted by atomic mass is 19.1. The zero-order valence-corrected chi connectivity index (χ0v) is 7.61. The Morgan fingerprint density at radius 2 is 1.64 bits per heavy atom. The van der Waals surface area contributed by atoms with E-state index in [4.69, 9.17) is 0 Å². The van der Waals surface area contributed by atoms with Crippen LogP contribution in [0.2, 0.25) is 0 Å². The van der Waals surface area contributed by atoms with Gasteiger partial charge in [-0.15, -0.1) is 0 Å². The Kier molecular flexibility index (Phi) is 7.98. The summed E-state index contributed by atoms with van der Waals surface area (Å²) >= 11 is 0. The Hall–Kier alpha value is -0.0700. The molecule has 0 aromatic rings. The highest BCUT2D eigenvalue weighted by Crippen LogP contribution is 2.09. The van der Waals surface area contributed by atoms with Crippen LogP contribution < -0.4 is 0 Å². The quantitative estimate of drug-likeness (QED) is 0.494. The highest BCUT2D eigenvalue weighted by Gasteiger charge is 1.96. The molecule has 1 unspecified atom stereocenters. The molecule has 1 atom stereocenters. The number of hydrogen-bond donors (Lipinski definition) is 0. The molecule has 0 aliphatic heterocycles. The van der Waals surface area contributed by atoms with E-state index < -0.39 is 6.17 Å². The van der Waals surface area contributed by atoms with Crippen LogP contribution in [0.15, 0.2) is 0 Å². The average molecular weight is 159 g/mol. The molecule has 0 spiro atoms. The van der Waals surface area contributed by atoms with Crippen molar-refractivity contribution in [2.45, 2.75) is 58.0 Å². The van der Waals surface area contributed by atoms with E-state index in [1.54, 1.807) is 0 Å². The summed E-state index contributed by atoms with van der Waals surface area (Å²) in [5.41, 5.74) is 0. The Bertz CT molecular complexity index is 69.3. The van der Waals surface area contributed by atoms with Gasteiger partial charge in [0.2, 0.25) is 0 Å². The third-order valence-electron chi connectivity index (χ3n) is 1.87. The molecule has 0 heterocycles. The molecule has 0 aromatic heterocycles. The van der Waals surface area contributed by atoms with Crippen LogP contribution >= 0.6 is 0 Å². The number of unbranched alkanes of at least 4 members (excludes halogenated alkanes) is 5. The third kappa shape index (κ3) is 9.93. The van der Waals surface area contributed by atoms with Gasteiger partial charge in [-0.2, -0.15) is 0 Å². The monoisotopic (exact) mass is 159 g/mol. The topological polar surface area (TPSA) is 0 Å². The lowest BCUT2D eigenvalue weighted by Gasteiger charge is -2.00. The SMILES string of the molecule is [CH2]C(F)CCCCCCCC. The van der Waals surface area contributed by atoms with E-state index in [0.717, 1.165) is 6.42 Å². The van der Waals surface area contributed by atoms with Crippen LogP contribution in [-0.2, 0) is 0 Å². The molecule has 0 saturated heterocycles. The summed E-state index contributed by atoms with van der Waals surface area (Å²) in [6.07, 6.45) is 7.16. The molecular formula is C10H20F. The first-order chi connectivity index (χ1) is 5.27. The minimum Gasteiger partial charge on any atom is -0.247 e. The summed E-state index contributed by atoms with van der Waals surface area (Å²) in [6, 6.07) is 0. The lowest BCUT2D eigenvalue weighted by molar-refractivity contribution is 0.361. The maximum Gasteiger partial charge on any atom is 0.100 e. The Morgan fingerprint density at radius 1 is 1.09 bits per heavy atom. The van der Waals surface area contributed by atoms with E-state index in [2.05, 4.69) is 13.8 Å². The van der Waals surface area contributed by atoms with Crippen molar-refractivity contribution in [2.75, 3.05) is 0 Å². The molecule has 1 radical (unpaired) electrons. The first kappa shape index (κ1) is 10.9. The van der Waals surface area contributed by atoms with Gasteiger partial charge >= 0.3 is 0 Å². The zero-order chi connectivity index (χ0) is 8.53. The van der Waals surface area contributed by atoms with Crippen LogP contribution in [0.1, 0.15) is 51.9 Å². The summed E-state index contributed by atoms with van der Waals surface area (Å²) < 4.78 is 12.2. The number of alkyl halides is 1. The Morgan fingerprint density at radius 3 is 2.18 bits per heavy atom. The maximum absolute atomic E-state index is 12.2. The van der Waals surface area contributed by atoms with Gasteiger partial charge in [0, 0.05) is 0 Å². The van der Waals surface area contributed by atoms with Crippen molar-refractivity contribution in [3.8, 4) is 0 Å². The molecule has 0 nitrogen and oxygen atoms in total. The van der Waals surface area contributed by atoms with E-state index in [1.165, 1.54) is 32.1 Å². The molecule has 0 amide bonds. The van der Waals surface area contributed by atoms with Crippen molar-refractivity contribution < 1.29 is 4.39 Å². The summed E-state index contributed by atoms with van der Waals surface area (Å²) in [6.45, 7) is 5.51. The van der Waals surface area contributed by atoms with Gasteiger partial charge in [0.05, 0.1) is 0 Å². The average Bonchev–Trinajstić information content (AvgIpc) is 1.96. The summed E-state index contributed by atoms with van der Waals surface area (Å²) in [7, 11) is 0. The molecule has 0 aliphatic carbocycles. The largest absolute Gasteiger partial charge is 0.247 e. The minimum atomic E-state index is -0.846. The molecule has 11 heavy (non-hydrogen) atoms. The van der Waals surface area contributed by atoms with Crippen molar-refractivity contribution in [3.63, 3.8) is 0 Å². The van der Waals surface area contributed by atoms with Gasteiger partial charge in [-0.1, -0.05) is 45.4 Å². The predicted molar refractivity (Wildman–Crippen MR) is 48.2 cm³/mol. The molecule has 0 bridgehead atoms. The van der Waals surface area contributed by atoms with Crippen molar-refractivity contribution in [1.29, 1.82) is 0 Å². The normalized spacial score (nSPS) is 13.4. The molecule has 67 valence electrons. The minimum absolute atomic E-state index is 0.645. The van der Waals surface area contributed by atoms with Gasteiger partial charge in [-0.05, 0) is 13.3 Å². The summed E-state index contributed by atoms with van der Waals surface area (Å²) in [5, 5.41) is 0. The summed E-state index contributed by atoms with van der Waals surface area (Å²) in [5.74, 6) is 0. The molecule has 1 heteroatoms. The van der Waals surface area contributed by atoms with E-state index in [-0.39, 0.29) is 0 Å². The molecule has 0 rings (SSSR count). The highest BCUT2D eigenvalue weighted by molar-refractivity contribution is 4.57. The van der Waals surface area contributed by atoms with Gasteiger partial charge in [-0.3, -0.25) is 0 Å². The lowest BCUT2D eigenvalue weighted by Crippen LogP contribution is -1.91. The zero-order valence-electron chi connectivity index (χ0n) is 7.61. The summed E-state index contributed by atoms with van der Waals surface area (Å²) in [4.78, 5) is 0. The van der Waals surface area contributed by atoms with Crippen molar-refractivity contribution in [1.82, 2.24) is 0 Å². The molecule has 0 N–H and O–H groups in total. The van der Waals surface area contributed by atoms with Gasteiger partial charge < -0.3 is 0 Å². The number of hydrogen-bond acceptors (Lipinski definition) is 0. The fourth-order valence-electron chi connectivity index (χ4n) is 1.15. The molecule has 0 saturated carbocycles. The number of rotatable bonds is 7. The second kappa shape index (κ2) is 8.03. The van der Waals surface area contributed by atoms with Gasteiger partial charge in [-0.25, -0.2) is 4.39 Å². The molecule has 0 aromatic carbocycles. The Labute approximate surface area is 70.2 Å². The first-order valence-electron chi connectivity index (χ1n) is 4.74. The van der Waals surface area contributed by atoms with Crippen LogP contribution in [0.5, 0.6) is 0 Å². The lowest BCUT2D eigenvalue weighted by atomic mass is 10.1. The van der Waals surface area contributed by atoms with Crippen LogP contribution in [-0.4, -0.2) is 6.17 Å². The smallest absolute Gasteiger partial charge is 0.100 e. The Balaban J connectivity index is 2.80. The molecule has 0 fully saturated rings. The second-order valence-electron chi connectivity index (χ2n) is 3.15. The van der Waals surface area contributed by atoms with Gasteiger partial charge in [0.1, 0.15) is 6.17 Å². The van der Waals surface area contributed by atoms with Crippen LogP contribution in [0, 0.1) is 6.92 Å². The van der Waals surface area contributed by atoms with Crippen LogP contribution in [0.25, 0.3) is 0 Å². The standard InChI is InChI=1S/C10H20F/c1-3-4-5-6-7-8-9-10(2)11/h10H,2-9H2,1H3. The van der Waals surface area contributed by atoms with E-state index in [0.29, 0.717) is 6.42 Å². The predicted octanol–water partition coefficient (Wildman–Crippen LogP) is 3.91. The van der Waals surface area contributed by atoms with E-state index in [9.17, 15) is 4.39 Å². The van der Waals surface area contributed by atoms with Crippen molar-refractivity contribution in [2.24, 2.45) is 0 Å². The maximum atomic E-state index is 12.2. The fraction of sp³-hybridized carbons (Fsp3) is 0.900. The van der Waals surface area contributed by atoms with Gasteiger partial charge in [0.25, 0.3) is 0 Å². The second-order valence-corrected chi connectivity index (χ2v) is 3.15. The van der Waals surface area contributed by atoms with Crippen molar-refractivity contribution >= 4 is 0 Å². The first-order valence-corrected chi connectivity index (χ1v) is 4.74. The van der Waals surface area contributed by atoms with Crippen LogP contribution in [0.3, 0.4) is 0 Å². The number of halogens is 1. The molecular weight excluding hydrogens is 139 g/mol. The van der Waals surface area contributed by atoms with Crippen LogP contribution in [0.4, 0.5) is 4.39 Å². The van der Waals surface area contributed by atoms with E-state index in [1.807, 2.05) is 0 Å².